The lowest BCUT2D eigenvalue weighted by Crippen LogP contribution is -2.48. The molecular formula is C33H44FN5O. The lowest BCUT2D eigenvalue weighted by Gasteiger charge is -2.34. The van der Waals surface area contributed by atoms with Crippen LogP contribution in [-0.4, -0.2) is 103 Å². The summed E-state index contributed by atoms with van der Waals surface area (Å²) in [7, 11) is 2.20. The molecule has 2 aliphatic heterocycles. The van der Waals surface area contributed by atoms with E-state index in [-0.39, 0.29) is 11.7 Å². The molecular weight excluding hydrogens is 501 g/mol. The summed E-state index contributed by atoms with van der Waals surface area (Å²) in [6.45, 7) is 15.0. The van der Waals surface area contributed by atoms with Crippen molar-refractivity contribution in [3.63, 3.8) is 0 Å². The van der Waals surface area contributed by atoms with Gasteiger partial charge in [0.25, 0.3) is 0 Å². The van der Waals surface area contributed by atoms with Gasteiger partial charge in [0.2, 0.25) is 5.91 Å². The number of nitrogens with zero attached hydrogens (tertiary/aromatic N) is 5. The number of amides is 1. The summed E-state index contributed by atoms with van der Waals surface area (Å²) in [6.07, 6.45) is 5.74. The Labute approximate surface area is 238 Å². The van der Waals surface area contributed by atoms with E-state index in [2.05, 4.69) is 58.4 Å². The summed E-state index contributed by atoms with van der Waals surface area (Å²) in [6, 6.07) is 13.5. The van der Waals surface area contributed by atoms with E-state index in [0.717, 1.165) is 96.0 Å². The van der Waals surface area contributed by atoms with Gasteiger partial charge in [0.05, 0.1) is 0 Å². The molecule has 0 atom stereocenters. The number of piperazine rings is 2. The molecule has 40 heavy (non-hydrogen) atoms. The predicted octanol–water partition coefficient (Wildman–Crippen LogP) is 4.43. The average Bonchev–Trinajstić information content (AvgIpc) is 3.21. The van der Waals surface area contributed by atoms with Gasteiger partial charge in [0.1, 0.15) is 5.82 Å². The van der Waals surface area contributed by atoms with Gasteiger partial charge in [-0.25, -0.2) is 4.39 Å². The van der Waals surface area contributed by atoms with Crippen LogP contribution in [0.1, 0.15) is 28.8 Å². The zero-order valence-corrected chi connectivity index (χ0v) is 24.4. The summed E-state index contributed by atoms with van der Waals surface area (Å²) >= 11 is 0. The number of carbonyl (C=O) groups excluding carboxylic acids is 1. The van der Waals surface area contributed by atoms with Crippen LogP contribution in [0, 0.1) is 19.7 Å². The Kier molecular flexibility index (Phi) is 9.35. The Bertz CT molecular complexity index is 1330. The van der Waals surface area contributed by atoms with Gasteiger partial charge in [-0.3, -0.25) is 9.69 Å². The van der Waals surface area contributed by atoms with Crippen molar-refractivity contribution in [3.8, 4) is 0 Å². The molecule has 2 fully saturated rings. The third-order valence-corrected chi connectivity index (χ3v) is 8.66. The Hall–Kier alpha value is -3.00. The smallest absolute Gasteiger partial charge is 0.246 e. The van der Waals surface area contributed by atoms with Crippen molar-refractivity contribution in [2.75, 3.05) is 72.5 Å². The molecule has 214 valence electrons. The first kappa shape index (κ1) is 28.5. The Morgan fingerprint density at radius 2 is 1.60 bits per heavy atom. The van der Waals surface area contributed by atoms with E-state index < -0.39 is 0 Å². The normalized spacial score (nSPS) is 17.9. The first-order valence-electron chi connectivity index (χ1n) is 14.8. The zero-order valence-electron chi connectivity index (χ0n) is 24.4. The highest BCUT2D eigenvalue weighted by Gasteiger charge is 2.20. The maximum atomic E-state index is 13.5. The summed E-state index contributed by atoms with van der Waals surface area (Å²) in [5, 5.41) is 1.23. The van der Waals surface area contributed by atoms with Crippen molar-refractivity contribution in [3.05, 3.63) is 76.7 Å². The van der Waals surface area contributed by atoms with Crippen LogP contribution in [0.5, 0.6) is 0 Å². The van der Waals surface area contributed by atoms with E-state index in [9.17, 15) is 9.18 Å². The van der Waals surface area contributed by atoms with Gasteiger partial charge in [0.15, 0.2) is 0 Å². The number of halogens is 1. The van der Waals surface area contributed by atoms with Crippen LogP contribution in [-0.2, 0) is 17.8 Å². The highest BCUT2D eigenvalue weighted by molar-refractivity contribution is 5.97. The lowest BCUT2D eigenvalue weighted by molar-refractivity contribution is -0.127. The molecule has 1 amide bonds. The van der Waals surface area contributed by atoms with E-state index in [1.54, 1.807) is 18.2 Å². The maximum Gasteiger partial charge on any atom is 0.246 e. The quantitative estimate of drug-likeness (QED) is 0.373. The highest BCUT2D eigenvalue weighted by Crippen LogP contribution is 2.28. The maximum absolute atomic E-state index is 13.5. The van der Waals surface area contributed by atoms with E-state index in [0.29, 0.717) is 0 Å². The van der Waals surface area contributed by atoms with Crippen molar-refractivity contribution in [1.82, 2.24) is 24.2 Å². The van der Waals surface area contributed by atoms with Crippen LogP contribution in [0.4, 0.5) is 4.39 Å². The summed E-state index contributed by atoms with van der Waals surface area (Å²) in [5.74, 6) is -0.105. The van der Waals surface area contributed by atoms with Gasteiger partial charge in [-0.2, -0.15) is 0 Å². The molecule has 2 aliphatic rings. The molecule has 0 unspecified atom stereocenters. The number of hydrogen-bond donors (Lipinski definition) is 0. The molecule has 2 aromatic carbocycles. The minimum absolute atomic E-state index is 0.0767. The number of aromatic nitrogens is 1. The molecule has 0 saturated carbocycles. The monoisotopic (exact) mass is 545 g/mol. The third-order valence-electron chi connectivity index (χ3n) is 8.66. The lowest BCUT2D eigenvalue weighted by atomic mass is 10.1. The molecule has 0 N–H and O–H groups in total. The minimum Gasteiger partial charge on any atom is -0.344 e. The van der Waals surface area contributed by atoms with Gasteiger partial charge >= 0.3 is 0 Å². The number of aryl methyl sites for hydroxylation is 2. The molecule has 1 aromatic heterocycles. The minimum atomic E-state index is -0.182. The Morgan fingerprint density at radius 3 is 2.35 bits per heavy atom. The summed E-state index contributed by atoms with van der Waals surface area (Å²) in [4.78, 5) is 22.4. The van der Waals surface area contributed by atoms with Gasteiger partial charge in [-0.15, -0.1) is 0 Å². The Balaban J connectivity index is 1.19. The predicted molar refractivity (Wildman–Crippen MR) is 162 cm³/mol. The fraction of sp³-hybridized carbons (Fsp3) is 0.485. The fourth-order valence-corrected chi connectivity index (χ4v) is 6.08. The third kappa shape index (κ3) is 7.00. The van der Waals surface area contributed by atoms with Crippen molar-refractivity contribution in [2.24, 2.45) is 0 Å². The fourth-order valence-electron chi connectivity index (χ4n) is 6.08. The molecule has 0 aliphatic carbocycles. The summed E-state index contributed by atoms with van der Waals surface area (Å²) in [5.41, 5.74) is 5.88. The molecule has 0 spiro atoms. The standard InChI is InChI=1S/C33H44FN5O/c1-26-8-10-32-31(24-26)30(27(2)39(32)14-5-13-36-18-16-35(3)17-19-36)9-11-33(40)38-22-20-37(21-23-38)15-12-28-6-4-7-29(34)25-28/h4,6-11,24-25H,5,12-23H2,1-3H3/b11-9+. The van der Waals surface area contributed by atoms with E-state index >= 15 is 0 Å². The SMILES string of the molecule is Cc1ccc2c(c1)c(/C=C/C(=O)N1CCN(CCc3cccc(F)c3)CC1)c(C)n2CCCN1CCN(C)CC1. The Morgan fingerprint density at radius 1 is 0.875 bits per heavy atom. The van der Waals surface area contributed by atoms with Gasteiger partial charge in [-0.1, -0.05) is 23.8 Å². The molecule has 2 saturated heterocycles. The van der Waals surface area contributed by atoms with E-state index in [1.807, 2.05) is 17.0 Å². The number of hydrogen-bond acceptors (Lipinski definition) is 4. The van der Waals surface area contributed by atoms with Crippen LogP contribution in [0.3, 0.4) is 0 Å². The zero-order chi connectivity index (χ0) is 28.1. The van der Waals surface area contributed by atoms with Crippen LogP contribution in [0.25, 0.3) is 17.0 Å². The summed E-state index contributed by atoms with van der Waals surface area (Å²) < 4.78 is 15.9. The van der Waals surface area contributed by atoms with Crippen molar-refractivity contribution >= 4 is 22.9 Å². The second-order valence-electron chi connectivity index (χ2n) is 11.5. The highest BCUT2D eigenvalue weighted by atomic mass is 19.1. The molecule has 6 nitrogen and oxygen atoms in total. The van der Waals surface area contributed by atoms with Crippen LogP contribution < -0.4 is 0 Å². The van der Waals surface area contributed by atoms with Crippen LogP contribution >= 0.6 is 0 Å². The van der Waals surface area contributed by atoms with Gasteiger partial charge in [-0.05, 0) is 76.2 Å². The number of rotatable bonds is 9. The van der Waals surface area contributed by atoms with Crippen molar-refractivity contribution in [2.45, 2.75) is 33.2 Å². The van der Waals surface area contributed by atoms with E-state index in [1.165, 1.54) is 28.2 Å². The largest absolute Gasteiger partial charge is 0.344 e. The number of likely N-dealkylation sites (N-methyl/N-ethyl adjacent to an activating group) is 1. The molecule has 7 heteroatoms. The van der Waals surface area contributed by atoms with E-state index in [4.69, 9.17) is 0 Å². The van der Waals surface area contributed by atoms with Gasteiger partial charge < -0.3 is 19.3 Å². The molecule has 3 heterocycles. The van der Waals surface area contributed by atoms with Crippen molar-refractivity contribution in [1.29, 1.82) is 0 Å². The average molecular weight is 546 g/mol. The number of benzene rings is 2. The molecule has 5 rings (SSSR count). The second-order valence-corrected chi connectivity index (χ2v) is 11.5. The van der Waals surface area contributed by atoms with Crippen LogP contribution in [0.2, 0.25) is 0 Å². The number of carbonyl (C=O) groups is 1. The van der Waals surface area contributed by atoms with Crippen molar-refractivity contribution < 1.29 is 9.18 Å². The molecule has 3 aromatic rings. The van der Waals surface area contributed by atoms with Crippen LogP contribution in [0.15, 0.2) is 48.5 Å². The first-order valence-corrected chi connectivity index (χ1v) is 14.8. The first-order chi connectivity index (χ1) is 19.4. The van der Waals surface area contributed by atoms with Gasteiger partial charge in [0, 0.05) is 93.7 Å². The molecule has 0 bridgehead atoms. The number of fused-ring (bicyclic) bond motifs is 1. The second kappa shape index (κ2) is 13.1. The molecule has 0 radical (unpaired) electrons. The topological polar surface area (TPSA) is 35.0 Å².